The molecule has 1 atom stereocenters. The Labute approximate surface area is 170 Å². The zero-order valence-electron chi connectivity index (χ0n) is 13.9. The molecule has 0 bridgehead atoms. The normalized spacial score (nSPS) is 12.8. The van der Waals surface area contributed by atoms with Gasteiger partial charge in [-0.1, -0.05) is 107 Å². The summed E-state index contributed by atoms with van der Waals surface area (Å²) < 4.78 is 0.226. The van der Waals surface area contributed by atoms with E-state index in [-0.39, 0.29) is 4.62 Å². The number of azo groups is 1. The minimum absolute atomic E-state index is 0.226. The highest BCUT2D eigenvalue weighted by Gasteiger charge is 2.36. The number of nitrogens with one attached hydrogen (secondary N) is 1. The summed E-state index contributed by atoms with van der Waals surface area (Å²) >= 11 is 6.54. The topological polar surface area (TPSA) is 48.6 Å². The van der Waals surface area contributed by atoms with E-state index in [2.05, 4.69) is 73.4 Å². The first-order valence-corrected chi connectivity index (χ1v) is 9.82. The number of hydrogen-bond donors (Lipinski definition) is 1. The van der Waals surface area contributed by atoms with Gasteiger partial charge in [-0.25, -0.2) is 0 Å². The molecule has 3 rings (SSSR count). The molecule has 0 aliphatic rings. The minimum atomic E-state index is -0.793. The summed E-state index contributed by atoms with van der Waals surface area (Å²) in [6.07, 6.45) is 0. The minimum Gasteiger partial charge on any atom is -0.295 e. The Bertz CT molecular complexity index is 784. The zero-order valence-corrected chi connectivity index (χ0v) is 17.1. The highest BCUT2D eigenvalue weighted by molar-refractivity contribution is 9.20. The Morgan fingerprint density at radius 3 is 1.38 bits per heavy atom. The molecule has 0 spiro atoms. The summed E-state index contributed by atoms with van der Waals surface area (Å²) in [6, 6.07) is 30.3. The van der Waals surface area contributed by atoms with Crippen LogP contribution in [0.4, 0.5) is 0 Å². The Balaban J connectivity index is 2.30. The van der Waals surface area contributed by atoms with Crippen molar-refractivity contribution in [2.45, 2.75) is 10.5 Å². The first kappa shape index (κ1) is 18.7. The van der Waals surface area contributed by atoms with Gasteiger partial charge in [0.05, 0.1) is 0 Å². The molecule has 0 heterocycles. The van der Waals surface area contributed by atoms with Crippen molar-refractivity contribution in [1.82, 2.24) is 0 Å². The number of benzene rings is 3. The van der Waals surface area contributed by atoms with E-state index < -0.39 is 10.5 Å². The second kappa shape index (κ2) is 8.52. The van der Waals surface area contributed by atoms with Crippen molar-refractivity contribution in [3.05, 3.63) is 108 Å². The van der Waals surface area contributed by atoms with Gasteiger partial charge in [-0.2, -0.15) is 10.2 Å². The van der Waals surface area contributed by atoms with E-state index in [4.69, 9.17) is 10.5 Å². The summed E-state index contributed by atoms with van der Waals surface area (Å²) in [7, 11) is 0. The quantitative estimate of drug-likeness (QED) is 0.140. The van der Waals surface area contributed by atoms with Gasteiger partial charge in [0, 0.05) is 0 Å². The van der Waals surface area contributed by atoms with Gasteiger partial charge in [-0.05, 0) is 32.6 Å². The molecule has 0 radical (unpaired) electrons. The average molecular weight is 471 g/mol. The second-order valence-corrected chi connectivity index (χ2v) is 7.43. The third-order valence-corrected chi connectivity index (χ3v) is 5.78. The molecule has 5 heteroatoms. The third kappa shape index (κ3) is 3.84. The maximum Gasteiger partial charge on any atom is 0.173 e. The van der Waals surface area contributed by atoms with E-state index in [9.17, 15) is 0 Å². The van der Waals surface area contributed by atoms with Crippen LogP contribution in [0.1, 0.15) is 16.7 Å². The summed E-state index contributed by atoms with van der Waals surface area (Å²) in [6.45, 7) is 0. The molecule has 0 aliphatic heterocycles. The van der Waals surface area contributed by atoms with Crippen LogP contribution < -0.4 is 0 Å². The predicted molar refractivity (Wildman–Crippen MR) is 113 cm³/mol. The van der Waals surface area contributed by atoms with Crippen molar-refractivity contribution in [3.8, 4) is 0 Å². The molecule has 0 aromatic heterocycles. The lowest BCUT2D eigenvalue weighted by atomic mass is 9.78. The standard InChI is InChI=1S/C21H17Br2N3/c22-19(24)20(23)25-26-21(16-10-4-1-5-11-16,17-12-6-2-7-13-17)18-14-8-3-9-15-18/h1-15,20,24H. The van der Waals surface area contributed by atoms with Gasteiger partial charge >= 0.3 is 0 Å². The predicted octanol–water partition coefficient (Wildman–Crippen LogP) is 6.52. The van der Waals surface area contributed by atoms with Crippen molar-refractivity contribution in [3.63, 3.8) is 0 Å². The molecule has 3 aromatic rings. The van der Waals surface area contributed by atoms with E-state index in [0.29, 0.717) is 0 Å². The van der Waals surface area contributed by atoms with Crippen LogP contribution >= 0.6 is 31.9 Å². The molecule has 3 nitrogen and oxygen atoms in total. The van der Waals surface area contributed by atoms with Gasteiger partial charge in [0.15, 0.2) is 10.5 Å². The van der Waals surface area contributed by atoms with Gasteiger partial charge in [0.25, 0.3) is 0 Å². The van der Waals surface area contributed by atoms with Crippen molar-refractivity contribution < 1.29 is 0 Å². The van der Waals surface area contributed by atoms with Crippen LogP contribution in [0.5, 0.6) is 0 Å². The lowest BCUT2D eigenvalue weighted by Crippen LogP contribution is -2.27. The summed E-state index contributed by atoms with van der Waals surface area (Å²) in [5.74, 6) is 0. The van der Waals surface area contributed by atoms with Gasteiger partial charge in [0.2, 0.25) is 0 Å². The van der Waals surface area contributed by atoms with Crippen molar-refractivity contribution in [1.29, 1.82) is 5.41 Å². The molecular formula is C21H17Br2N3. The Kier molecular flexibility index (Phi) is 6.12. The molecule has 130 valence electrons. The van der Waals surface area contributed by atoms with Crippen LogP contribution in [-0.2, 0) is 5.54 Å². The average Bonchev–Trinajstić information content (AvgIpc) is 2.70. The molecule has 1 unspecified atom stereocenters. The molecule has 0 aliphatic carbocycles. The monoisotopic (exact) mass is 469 g/mol. The van der Waals surface area contributed by atoms with Crippen molar-refractivity contribution in [2.24, 2.45) is 10.2 Å². The fraction of sp³-hybridized carbons (Fsp3) is 0.0952. The molecule has 0 saturated heterocycles. The van der Waals surface area contributed by atoms with E-state index >= 15 is 0 Å². The molecule has 26 heavy (non-hydrogen) atoms. The van der Waals surface area contributed by atoms with Crippen LogP contribution in [0, 0.1) is 5.41 Å². The molecule has 0 fully saturated rings. The van der Waals surface area contributed by atoms with Gasteiger partial charge in [-0.15, -0.1) is 0 Å². The van der Waals surface area contributed by atoms with Crippen molar-refractivity contribution >= 4 is 36.5 Å². The van der Waals surface area contributed by atoms with E-state index in [0.717, 1.165) is 16.7 Å². The van der Waals surface area contributed by atoms with Crippen LogP contribution in [0.25, 0.3) is 0 Å². The summed E-state index contributed by atoms with van der Waals surface area (Å²) in [4.78, 5) is -0.530. The number of hydrogen-bond acceptors (Lipinski definition) is 3. The van der Waals surface area contributed by atoms with Gasteiger partial charge in [0.1, 0.15) is 4.62 Å². The van der Waals surface area contributed by atoms with Gasteiger partial charge in [-0.3, -0.25) is 5.41 Å². The number of nitrogens with zero attached hydrogens (tertiary/aromatic N) is 2. The molecular weight excluding hydrogens is 454 g/mol. The summed E-state index contributed by atoms with van der Waals surface area (Å²) in [5, 5.41) is 16.9. The first-order chi connectivity index (χ1) is 12.6. The SMILES string of the molecule is N=C(Br)C(Br)N=NC(c1ccccc1)(c1ccccc1)c1ccccc1. The van der Waals surface area contributed by atoms with E-state index in [1.54, 1.807) is 0 Å². The number of alkyl halides is 1. The maximum atomic E-state index is 7.74. The first-order valence-electron chi connectivity index (χ1n) is 8.11. The molecule has 0 amide bonds. The largest absolute Gasteiger partial charge is 0.295 e. The smallest absolute Gasteiger partial charge is 0.173 e. The van der Waals surface area contributed by atoms with Crippen LogP contribution in [0.15, 0.2) is 101 Å². The van der Waals surface area contributed by atoms with Crippen LogP contribution in [0.3, 0.4) is 0 Å². The van der Waals surface area contributed by atoms with Crippen LogP contribution in [0.2, 0.25) is 0 Å². The number of halogens is 2. The molecule has 1 N–H and O–H groups in total. The Hall–Kier alpha value is -2.11. The zero-order chi connectivity index (χ0) is 18.4. The highest BCUT2D eigenvalue weighted by atomic mass is 79.9. The fourth-order valence-corrected chi connectivity index (χ4v) is 3.08. The van der Waals surface area contributed by atoms with Crippen molar-refractivity contribution in [2.75, 3.05) is 0 Å². The fourth-order valence-electron chi connectivity index (χ4n) is 2.90. The highest BCUT2D eigenvalue weighted by Crippen LogP contribution is 2.41. The second-order valence-electron chi connectivity index (χ2n) is 5.71. The lowest BCUT2D eigenvalue weighted by molar-refractivity contribution is 0.605. The van der Waals surface area contributed by atoms with Gasteiger partial charge < -0.3 is 0 Å². The Morgan fingerprint density at radius 1 is 0.731 bits per heavy atom. The van der Waals surface area contributed by atoms with E-state index in [1.165, 1.54) is 0 Å². The number of rotatable bonds is 6. The molecule has 0 saturated carbocycles. The summed E-state index contributed by atoms with van der Waals surface area (Å²) in [5.41, 5.74) is 2.25. The lowest BCUT2D eigenvalue weighted by Gasteiger charge is -2.31. The van der Waals surface area contributed by atoms with Crippen LogP contribution in [-0.4, -0.2) is 9.57 Å². The maximum absolute atomic E-state index is 7.74. The third-order valence-electron chi connectivity index (χ3n) is 4.09. The molecule has 3 aromatic carbocycles. The Morgan fingerprint density at radius 2 is 1.08 bits per heavy atom. The van der Waals surface area contributed by atoms with E-state index in [1.807, 2.05) is 54.6 Å².